The predicted molar refractivity (Wildman–Crippen MR) is 99.9 cm³/mol. The number of nitrogens with two attached hydrogens (primary N) is 1. The maximum Gasteiger partial charge on any atom is 0.327 e. The van der Waals surface area contributed by atoms with Crippen LogP contribution in [0.2, 0.25) is 0 Å². The number of halogens is 2. The average molecular weight is 390 g/mol. The van der Waals surface area contributed by atoms with Crippen molar-refractivity contribution in [3.63, 3.8) is 0 Å². The number of rotatable bonds is 3. The molecule has 138 valence electrons. The van der Waals surface area contributed by atoms with E-state index in [9.17, 15) is 14.4 Å². The molecule has 25 heavy (non-hydrogen) atoms. The van der Waals surface area contributed by atoms with Crippen molar-refractivity contribution in [3.05, 3.63) is 38.2 Å². The molecule has 1 aliphatic carbocycles. The molecule has 2 atom stereocenters. The second-order valence-electron chi connectivity index (χ2n) is 5.96. The van der Waals surface area contributed by atoms with Crippen LogP contribution >= 0.6 is 24.8 Å². The van der Waals surface area contributed by atoms with Crippen molar-refractivity contribution in [2.24, 2.45) is 11.7 Å². The molecular weight excluding hydrogens is 369 g/mol. The Morgan fingerprint density at radius 3 is 2.72 bits per heavy atom. The molecule has 2 unspecified atom stereocenters. The summed E-state index contributed by atoms with van der Waals surface area (Å²) in [5.74, 6) is -0.0374. The number of aromatic amines is 2. The van der Waals surface area contributed by atoms with Gasteiger partial charge in [-0.2, -0.15) is 0 Å². The molecular formula is C15H21Cl2N5O3. The van der Waals surface area contributed by atoms with E-state index in [2.05, 4.69) is 20.3 Å². The monoisotopic (exact) mass is 389 g/mol. The highest BCUT2D eigenvalue weighted by Gasteiger charge is 2.28. The average Bonchev–Trinajstić information content (AvgIpc) is 2.93. The van der Waals surface area contributed by atoms with Crippen LogP contribution in [0.5, 0.6) is 0 Å². The lowest BCUT2D eigenvalue weighted by atomic mass is 10.0. The highest BCUT2D eigenvalue weighted by atomic mass is 35.5. The fourth-order valence-corrected chi connectivity index (χ4v) is 3.22. The molecule has 2 aromatic rings. The first-order chi connectivity index (χ1) is 11.0. The first-order valence-corrected chi connectivity index (χ1v) is 7.64. The number of nitrogens with one attached hydrogen (secondary N) is 3. The second kappa shape index (κ2) is 8.46. The van der Waals surface area contributed by atoms with Gasteiger partial charge < -0.3 is 11.1 Å². The van der Waals surface area contributed by atoms with Crippen molar-refractivity contribution >= 4 is 41.8 Å². The lowest BCUT2D eigenvalue weighted by Gasteiger charge is -2.19. The zero-order chi connectivity index (χ0) is 16.6. The van der Waals surface area contributed by atoms with Gasteiger partial charge in [-0.1, -0.05) is 6.42 Å². The van der Waals surface area contributed by atoms with Crippen LogP contribution in [0.1, 0.15) is 35.3 Å². The van der Waals surface area contributed by atoms with Crippen LogP contribution in [0, 0.1) is 12.8 Å². The molecule has 10 heteroatoms. The molecule has 1 amide bonds. The van der Waals surface area contributed by atoms with Crippen molar-refractivity contribution < 1.29 is 4.79 Å². The molecule has 8 nitrogen and oxygen atoms in total. The number of hydrogen-bond acceptors (Lipinski definition) is 5. The van der Waals surface area contributed by atoms with E-state index in [0.29, 0.717) is 12.1 Å². The van der Waals surface area contributed by atoms with Crippen LogP contribution in [0.25, 0.3) is 11.0 Å². The molecule has 0 bridgehead atoms. The van der Waals surface area contributed by atoms with Gasteiger partial charge in [-0.15, -0.1) is 24.8 Å². The minimum Gasteiger partial charge on any atom is -0.348 e. The van der Waals surface area contributed by atoms with Crippen LogP contribution in [0.3, 0.4) is 0 Å². The highest BCUT2D eigenvalue weighted by Crippen LogP contribution is 2.24. The molecule has 0 saturated heterocycles. The van der Waals surface area contributed by atoms with Gasteiger partial charge in [0, 0.05) is 6.04 Å². The molecule has 0 spiro atoms. The summed E-state index contributed by atoms with van der Waals surface area (Å²) < 4.78 is 0. The predicted octanol–water partition coefficient (Wildman–Crippen LogP) is 0.621. The number of H-pyrrole nitrogens is 2. The van der Waals surface area contributed by atoms with Gasteiger partial charge in [0.05, 0.1) is 5.39 Å². The number of hydrogen-bond donors (Lipinski definition) is 4. The van der Waals surface area contributed by atoms with Crippen LogP contribution in [-0.4, -0.2) is 33.4 Å². The minimum absolute atomic E-state index is 0. The Balaban J connectivity index is 0.00000156. The first-order valence-electron chi connectivity index (χ1n) is 7.64. The van der Waals surface area contributed by atoms with Crippen molar-refractivity contribution in [2.45, 2.75) is 32.2 Å². The molecule has 2 heterocycles. The maximum atomic E-state index is 12.4. The van der Waals surface area contributed by atoms with Crippen molar-refractivity contribution in [3.8, 4) is 0 Å². The standard InChI is InChI=1S/C15H19N5O3.2ClH/c1-7-5-10(13(21)18-9-4-2-3-8(9)6-16)17-12-11(7)14(22)20-15(23)19-12;;/h5,8-9H,2-4,6,16H2,1H3,(H,18,21)(H2,17,19,20,22,23);2*1H. The number of amides is 1. The Morgan fingerprint density at radius 2 is 2.04 bits per heavy atom. The molecule has 0 radical (unpaired) electrons. The van der Waals surface area contributed by atoms with E-state index < -0.39 is 11.2 Å². The molecule has 0 aliphatic heterocycles. The van der Waals surface area contributed by atoms with Gasteiger partial charge in [0.15, 0.2) is 0 Å². The number of fused-ring (bicyclic) bond motifs is 1. The second-order valence-corrected chi connectivity index (χ2v) is 5.96. The summed E-state index contributed by atoms with van der Waals surface area (Å²) in [5, 5.41) is 3.24. The third-order valence-electron chi connectivity index (χ3n) is 4.41. The zero-order valence-electron chi connectivity index (χ0n) is 13.6. The van der Waals surface area contributed by atoms with E-state index >= 15 is 0 Å². The molecule has 2 aromatic heterocycles. The van der Waals surface area contributed by atoms with E-state index in [0.717, 1.165) is 19.3 Å². The van der Waals surface area contributed by atoms with Gasteiger partial charge in [0.2, 0.25) is 0 Å². The third kappa shape index (κ3) is 4.20. The smallest absolute Gasteiger partial charge is 0.327 e. The van der Waals surface area contributed by atoms with Crippen LogP contribution in [0.15, 0.2) is 15.7 Å². The molecule has 1 saturated carbocycles. The third-order valence-corrected chi connectivity index (χ3v) is 4.41. The summed E-state index contributed by atoms with van der Waals surface area (Å²) >= 11 is 0. The van der Waals surface area contributed by atoms with Crippen molar-refractivity contribution in [2.75, 3.05) is 6.54 Å². The summed E-state index contributed by atoms with van der Waals surface area (Å²) in [4.78, 5) is 44.4. The molecule has 0 aromatic carbocycles. The number of pyridine rings is 1. The van der Waals surface area contributed by atoms with E-state index in [4.69, 9.17) is 5.73 Å². The first kappa shape index (κ1) is 21.1. The quantitative estimate of drug-likeness (QED) is 0.610. The fourth-order valence-electron chi connectivity index (χ4n) is 3.22. The Bertz CT molecular complexity index is 880. The molecule has 3 rings (SSSR count). The lowest BCUT2D eigenvalue weighted by Crippen LogP contribution is -2.40. The lowest BCUT2D eigenvalue weighted by molar-refractivity contribution is 0.0924. The van der Waals surface area contributed by atoms with Crippen molar-refractivity contribution in [1.29, 1.82) is 0 Å². The Labute approximate surface area is 155 Å². The van der Waals surface area contributed by atoms with E-state index in [1.54, 1.807) is 13.0 Å². The van der Waals surface area contributed by atoms with Gasteiger partial charge in [-0.25, -0.2) is 9.78 Å². The number of carbonyl (C=O) groups excluding carboxylic acids is 1. The van der Waals surface area contributed by atoms with E-state index in [-0.39, 0.29) is 59.4 Å². The molecule has 1 aliphatic rings. The van der Waals surface area contributed by atoms with E-state index in [1.165, 1.54) is 0 Å². The molecule has 5 N–H and O–H groups in total. The summed E-state index contributed by atoms with van der Waals surface area (Å²) in [6.45, 7) is 2.24. The highest BCUT2D eigenvalue weighted by molar-refractivity contribution is 5.95. The maximum absolute atomic E-state index is 12.4. The topological polar surface area (TPSA) is 134 Å². The normalized spacial score (nSPS) is 19.1. The molecule has 1 fully saturated rings. The summed E-state index contributed by atoms with van der Waals surface area (Å²) in [6, 6.07) is 1.60. The number of nitrogens with zero attached hydrogens (tertiary/aromatic N) is 1. The summed E-state index contributed by atoms with van der Waals surface area (Å²) in [5.41, 5.74) is 5.44. The SMILES string of the molecule is Cc1cc(C(=O)NC2CCCC2CN)nc2[nH]c(=O)[nH]c(=O)c12.Cl.Cl. The largest absolute Gasteiger partial charge is 0.348 e. The van der Waals surface area contributed by atoms with E-state index in [1.807, 2.05) is 0 Å². The Hall–Kier alpha value is -1.90. The fraction of sp³-hybridized carbons (Fsp3) is 0.467. The Kier molecular flexibility index (Phi) is 7.16. The van der Waals surface area contributed by atoms with Gasteiger partial charge in [0.1, 0.15) is 11.3 Å². The van der Waals surface area contributed by atoms with Gasteiger partial charge in [-0.05, 0) is 43.9 Å². The zero-order valence-corrected chi connectivity index (χ0v) is 15.3. The number of carbonyl (C=O) groups is 1. The summed E-state index contributed by atoms with van der Waals surface area (Å²) in [6.07, 6.45) is 2.95. The van der Waals surface area contributed by atoms with Gasteiger partial charge in [-0.3, -0.25) is 19.6 Å². The van der Waals surface area contributed by atoms with Crippen LogP contribution in [0.4, 0.5) is 0 Å². The van der Waals surface area contributed by atoms with Gasteiger partial charge in [0.25, 0.3) is 11.5 Å². The van der Waals surface area contributed by atoms with Crippen molar-refractivity contribution in [1.82, 2.24) is 20.3 Å². The van der Waals surface area contributed by atoms with Crippen LogP contribution < -0.4 is 22.3 Å². The number of aryl methyl sites for hydroxylation is 1. The summed E-state index contributed by atoms with van der Waals surface area (Å²) in [7, 11) is 0. The van der Waals surface area contributed by atoms with Crippen LogP contribution in [-0.2, 0) is 0 Å². The minimum atomic E-state index is -0.647. The number of aromatic nitrogens is 3. The van der Waals surface area contributed by atoms with Gasteiger partial charge >= 0.3 is 5.69 Å². The Morgan fingerprint density at radius 1 is 1.32 bits per heavy atom.